The quantitative estimate of drug-likeness (QED) is 0.870. The van der Waals surface area contributed by atoms with Gasteiger partial charge in [0.2, 0.25) is 0 Å². The van der Waals surface area contributed by atoms with Crippen LogP contribution >= 0.6 is 11.3 Å². The van der Waals surface area contributed by atoms with Gasteiger partial charge in [-0.2, -0.15) is 5.26 Å². The number of nitrogens with two attached hydrogens (primary N) is 1. The van der Waals surface area contributed by atoms with Gasteiger partial charge in [0.05, 0.1) is 0 Å². The number of likely N-dealkylation sites (N-methyl/N-ethyl adjacent to an activating group) is 1. The van der Waals surface area contributed by atoms with Crippen LogP contribution < -0.4 is 5.73 Å². The average molecular weight is 326 g/mol. The molecule has 1 aliphatic rings. The number of nitrogens with zero attached hydrogens (tertiary/aromatic N) is 3. The molecule has 0 bridgehead atoms. The van der Waals surface area contributed by atoms with Crippen molar-refractivity contribution in [3.05, 3.63) is 33.8 Å². The van der Waals surface area contributed by atoms with Crippen LogP contribution in [0, 0.1) is 11.3 Å². The Labute approximate surface area is 141 Å². The molecule has 0 saturated carbocycles. The molecule has 5 heteroatoms. The van der Waals surface area contributed by atoms with Crippen molar-refractivity contribution in [3.63, 3.8) is 0 Å². The number of fused-ring (bicyclic) bond motifs is 1. The summed E-state index contributed by atoms with van der Waals surface area (Å²) in [5.41, 5.74) is 9.88. The molecule has 0 fully saturated rings. The number of hydrogen-bond donors (Lipinski definition) is 1. The van der Waals surface area contributed by atoms with Gasteiger partial charge >= 0.3 is 0 Å². The number of nitrogen functional groups attached to an aromatic ring is 1. The van der Waals surface area contributed by atoms with E-state index in [9.17, 15) is 5.26 Å². The lowest BCUT2D eigenvalue weighted by atomic mass is 9.94. The summed E-state index contributed by atoms with van der Waals surface area (Å²) in [5, 5.41) is 9.62. The molecule has 0 amide bonds. The van der Waals surface area contributed by atoms with Crippen LogP contribution in [-0.4, -0.2) is 23.5 Å². The standard InChI is InChI=1S/C18H22N4S/c1-18(2,3)15-6-5-14(23-15)16-11(9-19)17(20)21-13-7-8-22(4)10-12(13)16/h5-6H,7-8,10H2,1-4H3,(H2,20,21). The number of pyridine rings is 1. The van der Waals surface area contributed by atoms with Crippen molar-refractivity contribution in [3.8, 4) is 16.5 Å². The van der Waals surface area contributed by atoms with Crippen molar-refractivity contribution in [2.45, 2.75) is 39.2 Å². The third kappa shape index (κ3) is 2.85. The molecule has 0 spiro atoms. The minimum atomic E-state index is 0.102. The molecular weight excluding hydrogens is 304 g/mol. The van der Waals surface area contributed by atoms with Crippen molar-refractivity contribution < 1.29 is 0 Å². The van der Waals surface area contributed by atoms with E-state index in [1.165, 1.54) is 4.88 Å². The summed E-state index contributed by atoms with van der Waals surface area (Å²) in [6.07, 6.45) is 0.881. The van der Waals surface area contributed by atoms with E-state index in [1.54, 1.807) is 11.3 Å². The molecule has 120 valence electrons. The lowest BCUT2D eigenvalue weighted by molar-refractivity contribution is 0.310. The summed E-state index contributed by atoms with van der Waals surface area (Å²) in [6.45, 7) is 8.41. The largest absolute Gasteiger partial charge is 0.383 e. The van der Waals surface area contributed by atoms with Crippen molar-refractivity contribution in [2.75, 3.05) is 19.3 Å². The number of aromatic nitrogens is 1. The second-order valence-electron chi connectivity index (χ2n) is 7.19. The van der Waals surface area contributed by atoms with Crippen LogP contribution in [0.25, 0.3) is 10.4 Å². The maximum Gasteiger partial charge on any atom is 0.142 e. The van der Waals surface area contributed by atoms with E-state index in [0.29, 0.717) is 11.4 Å². The monoisotopic (exact) mass is 326 g/mol. The second-order valence-corrected chi connectivity index (χ2v) is 8.27. The second kappa shape index (κ2) is 5.63. The molecule has 0 aromatic carbocycles. The Morgan fingerprint density at radius 3 is 2.70 bits per heavy atom. The van der Waals surface area contributed by atoms with Gasteiger partial charge in [0, 0.05) is 40.5 Å². The Kier molecular flexibility index (Phi) is 3.91. The zero-order valence-electron chi connectivity index (χ0n) is 14.1. The predicted octanol–water partition coefficient (Wildman–Crippen LogP) is 3.55. The Morgan fingerprint density at radius 2 is 2.09 bits per heavy atom. The normalized spacial score (nSPS) is 15.3. The SMILES string of the molecule is CN1CCc2nc(N)c(C#N)c(-c3ccc(C(C)(C)C)s3)c2C1. The smallest absolute Gasteiger partial charge is 0.142 e. The number of thiophene rings is 1. The molecule has 0 saturated heterocycles. The predicted molar refractivity (Wildman–Crippen MR) is 95.4 cm³/mol. The van der Waals surface area contributed by atoms with Crippen LogP contribution in [-0.2, 0) is 18.4 Å². The molecule has 3 rings (SSSR count). The van der Waals surface area contributed by atoms with E-state index in [1.807, 2.05) is 0 Å². The van der Waals surface area contributed by atoms with E-state index in [4.69, 9.17) is 5.73 Å². The summed E-state index contributed by atoms with van der Waals surface area (Å²) < 4.78 is 0. The summed E-state index contributed by atoms with van der Waals surface area (Å²) in [7, 11) is 2.10. The van der Waals surface area contributed by atoms with Crippen molar-refractivity contribution in [1.82, 2.24) is 9.88 Å². The molecule has 23 heavy (non-hydrogen) atoms. The Balaban J connectivity index is 2.23. The van der Waals surface area contributed by atoms with E-state index in [0.717, 1.165) is 41.2 Å². The zero-order valence-corrected chi connectivity index (χ0v) is 14.9. The van der Waals surface area contributed by atoms with Crippen molar-refractivity contribution in [1.29, 1.82) is 5.26 Å². The van der Waals surface area contributed by atoms with Gasteiger partial charge in [0.15, 0.2) is 0 Å². The highest BCUT2D eigenvalue weighted by Gasteiger charge is 2.26. The molecule has 1 aliphatic heterocycles. The van der Waals surface area contributed by atoms with Gasteiger partial charge in [-0.1, -0.05) is 20.8 Å². The Hall–Kier alpha value is -1.90. The maximum absolute atomic E-state index is 9.62. The lowest BCUT2D eigenvalue weighted by Gasteiger charge is -2.27. The molecule has 0 atom stereocenters. The fourth-order valence-corrected chi connectivity index (χ4v) is 4.12. The summed E-state index contributed by atoms with van der Waals surface area (Å²) in [5.74, 6) is 0.358. The molecule has 0 radical (unpaired) electrons. The summed E-state index contributed by atoms with van der Waals surface area (Å²) in [4.78, 5) is 9.19. The number of nitriles is 1. The first-order chi connectivity index (χ1) is 10.8. The number of anilines is 1. The first kappa shape index (κ1) is 16.0. The third-order valence-corrected chi connectivity index (χ3v) is 5.80. The van der Waals surface area contributed by atoms with Gasteiger partial charge in [0.1, 0.15) is 17.5 Å². The summed E-state index contributed by atoms with van der Waals surface area (Å²) in [6, 6.07) is 6.56. The van der Waals surface area contributed by atoms with E-state index in [2.05, 4.69) is 55.9 Å². The van der Waals surface area contributed by atoms with Gasteiger partial charge in [-0.3, -0.25) is 0 Å². The van der Waals surface area contributed by atoms with Gasteiger partial charge in [-0.05, 0) is 30.2 Å². The Bertz CT molecular complexity index is 793. The van der Waals surface area contributed by atoms with Crippen LogP contribution in [0.15, 0.2) is 12.1 Å². The van der Waals surface area contributed by atoms with Crippen LogP contribution in [0.3, 0.4) is 0 Å². The molecule has 4 nitrogen and oxygen atoms in total. The fourth-order valence-electron chi connectivity index (χ4n) is 2.98. The first-order valence-corrected chi connectivity index (χ1v) is 8.63. The van der Waals surface area contributed by atoms with Gasteiger partial charge in [-0.15, -0.1) is 11.3 Å². The highest BCUT2D eigenvalue weighted by molar-refractivity contribution is 7.15. The lowest BCUT2D eigenvalue weighted by Crippen LogP contribution is -2.28. The number of hydrogen-bond acceptors (Lipinski definition) is 5. The topological polar surface area (TPSA) is 65.9 Å². The fraction of sp³-hybridized carbons (Fsp3) is 0.444. The van der Waals surface area contributed by atoms with Gasteiger partial charge < -0.3 is 10.6 Å². The van der Waals surface area contributed by atoms with Crippen LogP contribution in [0.5, 0.6) is 0 Å². The molecule has 2 aromatic rings. The molecule has 3 heterocycles. The molecule has 2 N–H and O–H groups in total. The van der Waals surface area contributed by atoms with Crippen molar-refractivity contribution in [2.24, 2.45) is 0 Å². The van der Waals surface area contributed by atoms with Crippen LogP contribution in [0.2, 0.25) is 0 Å². The average Bonchev–Trinajstić information content (AvgIpc) is 2.96. The number of rotatable bonds is 1. The first-order valence-electron chi connectivity index (χ1n) is 7.82. The highest BCUT2D eigenvalue weighted by atomic mass is 32.1. The van der Waals surface area contributed by atoms with E-state index >= 15 is 0 Å². The molecule has 0 unspecified atom stereocenters. The van der Waals surface area contributed by atoms with Gasteiger partial charge in [-0.25, -0.2) is 4.98 Å². The minimum absolute atomic E-state index is 0.102. The molecular formula is C18H22N4S. The Morgan fingerprint density at radius 1 is 1.35 bits per heavy atom. The van der Waals surface area contributed by atoms with E-state index < -0.39 is 0 Å². The van der Waals surface area contributed by atoms with Crippen LogP contribution in [0.4, 0.5) is 5.82 Å². The summed E-state index contributed by atoms with van der Waals surface area (Å²) >= 11 is 1.75. The highest BCUT2D eigenvalue weighted by Crippen LogP contribution is 2.40. The zero-order chi connectivity index (χ0) is 16.8. The van der Waals surface area contributed by atoms with Gasteiger partial charge in [0.25, 0.3) is 0 Å². The van der Waals surface area contributed by atoms with E-state index in [-0.39, 0.29) is 5.41 Å². The van der Waals surface area contributed by atoms with Crippen LogP contribution in [0.1, 0.15) is 42.5 Å². The van der Waals surface area contributed by atoms with Crippen molar-refractivity contribution >= 4 is 17.2 Å². The minimum Gasteiger partial charge on any atom is -0.383 e. The third-order valence-electron chi connectivity index (χ3n) is 4.27. The maximum atomic E-state index is 9.62. The molecule has 0 aliphatic carbocycles. The molecule has 2 aromatic heterocycles.